The van der Waals surface area contributed by atoms with E-state index in [0.29, 0.717) is 6.54 Å². The first kappa shape index (κ1) is 17.2. The van der Waals surface area contributed by atoms with E-state index in [-0.39, 0.29) is 23.9 Å². The maximum Gasteiger partial charge on any atom is 0.253 e. The molecule has 26 heavy (non-hydrogen) atoms. The van der Waals surface area contributed by atoms with Crippen LogP contribution in [0.1, 0.15) is 18.4 Å². The van der Waals surface area contributed by atoms with Gasteiger partial charge in [-0.05, 0) is 30.5 Å². The number of likely N-dealkylation sites (tertiary alicyclic amines) is 1. The summed E-state index contributed by atoms with van der Waals surface area (Å²) in [5, 5.41) is 4.17. The SMILES string of the molecule is Cn1cc(N2CC3(CCN(Cc4ccc(F)cc4)CC3)OCC2=O)cn1. The predicted molar refractivity (Wildman–Crippen MR) is 95.2 cm³/mol. The highest BCUT2D eigenvalue weighted by molar-refractivity contribution is 5.94. The first-order valence-electron chi connectivity index (χ1n) is 8.93. The third-order valence-electron chi connectivity index (χ3n) is 5.34. The number of carbonyl (C=O) groups excluding carboxylic acids is 1. The summed E-state index contributed by atoms with van der Waals surface area (Å²) in [6.07, 6.45) is 5.33. The van der Waals surface area contributed by atoms with E-state index in [4.69, 9.17) is 4.74 Å². The highest BCUT2D eigenvalue weighted by Gasteiger charge is 2.42. The zero-order chi connectivity index (χ0) is 18.1. The Bertz CT molecular complexity index is 781. The second-order valence-electron chi connectivity index (χ2n) is 7.23. The lowest BCUT2D eigenvalue weighted by molar-refractivity contribution is -0.144. The number of carbonyl (C=O) groups is 1. The standard InChI is InChI=1S/C19H23FN4O2/c1-22-12-17(10-21-22)24-14-19(26-13-18(24)25)6-8-23(9-7-19)11-15-2-4-16(20)5-3-15/h2-5,10,12H,6-9,11,13-14H2,1H3. The molecule has 0 radical (unpaired) electrons. The molecule has 2 aliphatic heterocycles. The van der Waals surface area contributed by atoms with E-state index in [9.17, 15) is 9.18 Å². The van der Waals surface area contributed by atoms with Gasteiger partial charge in [0.05, 0.1) is 24.0 Å². The van der Waals surface area contributed by atoms with Crippen LogP contribution in [0.3, 0.4) is 0 Å². The summed E-state index contributed by atoms with van der Waals surface area (Å²) in [4.78, 5) is 16.4. The van der Waals surface area contributed by atoms with Gasteiger partial charge in [-0.3, -0.25) is 14.4 Å². The van der Waals surface area contributed by atoms with Crippen LogP contribution >= 0.6 is 0 Å². The second kappa shape index (κ2) is 6.81. The Morgan fingerprint density at radius 3 is 2.62 bits per heavy atom. The molecule has 0 bridgehead atoms. The van der Waals surface area contributed by atoms with Gasteiger partial charge in [0.15, 0.2) is 0 Å². The molecule has 3 heterocycles. The molecule has 0 atom stereocenters. The van der Waals surface area contributed by atoms with E-state index in [1.54, 1.807) is 15.8 Å². The number of benzene rings is 1. The summed E-state index contributed by atoms with van der Waals surface area (Å²) in [7, 11) is 1.85. The van der Waals surface area contributed by atoms with Crippen LogP contribution in [0.15, 0.2) is 36.7 Å². The topological polar surface area (TPSA) is 50.6 Å². The van der Waals surface area contributed by atoms with Crippen LogP contribution in [0, 0.1) is 5.82 Å². The van der Waals surface area contributed by atoms with E-state index in [1.165, 1.54) is 12.1 Å². The summed E-state index contributed by atoms with van der Waals surface area (Å²) >= 11 is 0. The van der Waals surface area contributed by atoms with E-state index in [2.05, 4.69) is 10.00 Å². The van der Waals surface area contributed by atoms with Crippen LogP contribution in [0.5, 0.6) is 0 Å². The van der Waals surface area contributed by atoms with Crippen molar-refractivity contribution in [2.24, 2.45) is 7.05 Å². The molecule has 6 nitrogen and oxygen atoms in total. The van der Waals surface area contributed by atoms with Crippen molar-refractivity contribution in [1.29, 1.82) is 0 Å². The molecule has 138 valence electrons. The number of amides is 1. The minimum atomic E-state index is -0.289. The lowest BCUT2D eigenvalue weighted by atomic mass is 9.89. The lowest BCUT2D eigenvalue weighted by Crippen LogP contribution is -2.58. The largest absolute Gasteiger partial charge is 0.363 e. The van der Waals surface area contributed by atoms with Gasteiger partial charge in [0, 0.05) is 32.9 Å². The van der Waals surface area contributed by atoms with Crippen molar-refractivity contribution in [1.82, 2.24) is 14.7 Å². The number of aryl methyl sites for hydroxylation is 1. The molecular formula is C19H23FN4O2. The number of rotatable bonds is 3. The van der Waals surface area contributed by atoms with Gasteiger partial charge in [0.25, 0.3) is 5.91 Å². The van der Waals surface area contributed by atoms with Crippen molar-refractivity contribution >= 4 is 11.6 Å². The van der Waals surface area contributed by atoms with E-state index in [0.717, 1.165) is 43.7 Å². The van der Waals surface area contributed by atoms with Gasteiger partial charge >= 0.3 is 0 Å². The fourth-order valence-electron chi connectivity index (χ4n) is 3.77. The molecule has 0 unspecified atom stereocenters. The first-order chi connectivity index (χ1) is 12.5. The Morgan fingerprint density at radius 1 is 1.23 bits per heavy atom. The average molecular weight is 358 g/mol. The van der Waals surface area contributed by atoms with E-state index in [1.807, 2.05) is 25.4 Å². The Morgan fingerprint density at radius 2 is 1.96 bits per heavy atom. The van der Waals surface area contributed by atoms with Crippen molar-refractivity contribution in [2.75, 3.05) is 31.1 Å². The second-order valence-corrected chi connectivity index (χ2v) is 7.23. The normalized spacial score (nSPS) is 20.7. The van der Waals surface area contributed by atoms with Crippen LogP contribution in [-0.4, -0.2) is 52.4 Å². The van der Waals surface area contributed by atoms with E-state index >= 15 is 0 Å². The zero-order valence-corrected chi connectivity index (χ0v) is 14.9. The fraction of sp³-hybridized carbons (Fsp3) is 0.474. The monoisotopic (exact) mass is 358 g/mol. The van der Waals surface area contributed by atoms with Gasteiger partial charge in [-0.15, -0.1) is 0 Å². The molecule has 1 aromatic carbocycles. The Balaban J connectivity index is 1.39. The van der Waals surface area contributed by atoms with Crippen LogP contribution in [-0.2, 0) is 23.1 Å². The molecule has 0 saturated carbocycles. The molecule has 2 aliphatic rings. The predicted octanol–water partition coefficient (Wildman–Crippen LogP) is 1.96. The molecule has 2 aromatic rings. The number of morpholine rings is 1. The van der Waals surface area contributed by atoms with Gasteiger partial charge in [-0.2, -0.15) is 5.10 Å². The number of ether oxygens (including phenoxy) is 1. The number of hydrogen-bond acceptors (Lipinski definition) is 4. The summed E-state index contributed by atoms with van der Waals surface area (Å²) in [6.45, 7) is 3.29. The van der Waals surface area contributed by atoms with Crippen LogP contribution < -0.4 is 4.90 Å². The van der Waals surface area contributed by atoms with Crippen LogP contribution in [0.4, 0.5) is 10.1 Å². The maximum atomic E-state index is 13.0. The first-order valence-corrected chi connectivity index (χ1v) is 8.93. The molecule has 0 N–H and O–H groups in total. The van der Waals surface area contributed by atoms with Crippen molar-refractivity contribution in [2.45, 2.75) is 25.0 Å². The summed E-state index contributed by atoms with van der Waals surface area (Å²) < 4.78 is 20.7. The summed E-state index contributed by atoms with van der Waals surface area (Å²) in [5.41, 5.74) is 1.65. The number of aromatic nitrogens is 2. The molecule has 2 fully saturated rings. The minimum absolute atomic E-state index is 0.0163. The molecule has 7 heteroatoms. The molecule has 1 spiro atoms. The Kier molecular flexibility index (Phi) is 4.50. The molecular weight excluding hydrogens is 335 g/mol. The molecule has 1 amide bonds. The van der Waals surface area contributed by atoms with Gasteiger partial charge in [0.1, 0.15) is 12.4 Å². The zero-order valence-electron chi connectivity index (χ0n) is 14.9. The maximum absolute atomic E-state index is 13.0. The molecule has 2 saturated heterocycles. The molecule has 0 aliphatic carbocycles. The van der Waals surface area contributed by atoms with Gasteiger partial charge in [-0.1, -0.05) is 12.1 Å². The molecule has 1 aromatic heterocycles. The lowest BCUT2D eigenvalue weighted by Gasteiger charge is -2.46. The summed E-state index contributed by atoms with van der Waals surface area (Å²) in [6, 6.07) is 6.67. The van der Waals surface area contributed by atoms with E-state index < -0.39 is 0 Å². The van der Waals surface area contributed by atoms with Crippen LogP contribution in [0.25, 0.3) is 0 Å². The molecule has 4 rings (SSSR count). The van der Waals surface area contributed by atoms with Gasteiger partial charge in [-0.25, -0.2) is 4.39 Å². The van der Waals surface area contributed by atoms with Crippen molar-refractivity contribution < 1.29 is 13.9 Å². The van der Waals surface area contributed by atoms with Gasteiger partial charge < -0.3 is 9.64 Å². The third-order valence-corrected chi connectivity index (χ3v) is 5.34. The highest BCUT2D eigenvalue weighted by atomic mass is 19.1. The number of anilines is 1. The number of halogens is 1. The fourth-order valence-corrected chi connectivity index (χ4v) is 3.77. The number of nitrogens with zero attached hydrogens (tertiary/aromatic N) is 4. The quantitative estimate of drug-likeness (QED) is 0.842. The van der Waals surface area contributed by atoms with Crippen molar-refractivity contribution in [3.63, 3.8) is 0 Å². The average Bonchev–Trinajstić information content (AvgIpc) is 3.08. The number of hydrogen-bond donors (Lipinski definition) is 0. The third kappa shape index (κ3) is 3.50. The summed E-state index contributed by atoms with van der Waals surface area (Å²) in [5.74, 6) is -0.223. The minimum Gasteiger partial charge on any atom is -0.363 e. The van der Waals surface area contributed by atoms with Gasteiger partial charge in [0.2, 0.25) is 0 Å². The van der Waals surface area contributed by atoms with Crippen molar-refractivity contribution in [3.8, 4) is 0 Å². The number of piperidine rings is 1. The van der Waals surface area contributed by atoms with Crippen LogP contribution in [0.2, 0.25) is 0 Å². The Labute approximate surface area is 152 Å². The smallest absolute Gasteiger partial charge is 0.253 e. The Hall–Kier alpha value is -2.25. The highest BCUT2D eigenvalue weighted by Crippen LogP contribution is 2.33. The van der Waals surface area contributed by atoms with Crippen molar-refractivity contribution in [3.05, 3.63) is 48.0 Å².